The van der Waals surface area contributed by atoms with Gasteiger partial charge in [0.1, 0.15) is 11.6 Å². The fraction of sp³-hybridized carbons (Fsp3) is 0.538. The molecule has 0 aliphatic carbocycles. The highest BCUT2D eigenvalue weighted by molar-refractivity contribution is 9.10. The van der Waals surface area contributed by atoms with Crippen molar-refractivity contribution >= 4 is 15.9 Å². The molecule has 1 aliphatic rings. The third kappa shape index (κ3) is 2.31. The van der Waals surface area contributed by atoms with E-state index in [1.165, 1.54) is 12.1 Å². The second-order valence-corrected chi connectivity index (χ2v) is 5.89. The van der Waals surface area contributed by atoms with Gasteiger partial charge < -0.3 is 10.0 Å². The number of benzene rings is 1. The van der Waals surface area contributed by atoms with Crippen molar-refractivity contribution in [3.63, 3.8) is 0 Å². The van der Waals surface area contributed by atoms with Crippen LogP contribution in [-0.4, -0.2) is 29.6 Å². The van der Waals surface area contributed by atoms with Crippen LogP contribution in [0, 0.1) is 11.6 Å². The Hall–Kier alpha value is -0.520. The van der Waals surface area contributed by atoms with Crippen LogP contribution in [0.25, 0.3) is 0 Å². The highest BCUT2D eigenvalue weighted by Crippen LogP contribution is 2.39. The number of hydrogen-bond donors (Lipinski definition) is 1. The fourth-order valence-electron chi connectivity index (χ4n) is 2.51. The van der Waals surface area contributed by atoms with Gasteiger partial charge in [-0.1, -0.05) is 0 Å². The third-order valence-electron chi connectivity index (χ3n) is 3.77. The van der Waals surface area contributed by atoms with Gasteiger partial charge in [-0.3, -0.25) is 0 Å². The van der Waals surface area contributed by atoms with Crippen molar-refractivity contribution in [3.05, 3.63) is 33.8 Å². The second-order valence-electron chi connectivity index (χ2n) is 5.03. The van der Waals surface area contributed by atoms with Crippen LogP contribution in [0.3, 0.4) is 0 Å². The van der Waals surface area contributed by atoms with Gasteiger partial charge >= 0.3 is 0 Å². The molecule has 0 spiro atoms. The smallest absolute Gasteiger partial charge is 0.146 e. The summed E-state index contributed by atoms with van der Waals surface area (Å²) in [7, 11) is 1.94. The molecule has 5 heteroatoms. The third-order valence-corrected chi connectivity index (χ3v) is 4.39. The highest BCUT2D eigenvalue weighted by atomic mass is 79.9. The Kier molecular flexibility index (Phi) is 3.76. The first-order chi connectivity index (χ1) is 8.35. The maximum absolute atomic E-state index is 14.1. The molecule has 0 amide bonds. The molecule has 1 aliphatic heterocycles. The summed E-state index contributed by atoms with van der Waals surface area (Å²) in [5.41, 5.74) is -1.64. The van der Waals surface area contributed by atoms with Crippen LogP contribution in [-0.2, 0) is 5.60 Å². The quantitative estimate of drug-likeness (QED) is 0.804. The van der Waals surface area contributed by atoms with Crippen LogP contribution in [0.15, 0.2) is 16.6 Å². The van der Waals surface area contributed by atoms with E-state index in [1.54, 1.807) is 0 Å². The average Bonchev–Trinajstić information content (AvgIpc) is 2.30. The van der Waals surface area contributed by atoms with E-state index < -0.39 is 17.2 Å². The number of aliphatic hydroxyl groups is 1. The van der Waals surface area contributed by atoms with Crippen molar-refractivity contribution in [2.45, 2.75) is 31.4 Å². The molecule has 0 radical (unpaired) electrons. The lowest BCUT2D eigenvalue weighted by molar-refractivity contribution is -0.0458. The molecule has 18 heavy (non-hydrogen) atoms. The van der Waals surface area contributed by atoms with Crippen molar-refractivity contribution in [3.8, 4) is 0 Å². The van der Waals surface area contributed by atoms with Crippen molar-refractivity contribution in [1.29, 1.82) is 0 Å². The van der Waals surface area contributed by atoms with Crippen molar-refractivity contribution in [2.24, 2.45) is 0 Å². The van der Waals surface area contributed by atoms with E-state index >= 15 is 0 Å². The predicted molar refractivity (Wildman–Crippen MR) is 69.3 cm³/mol. The molecule has 0 aromatic heterocycles. The monoisotopic (exact) mass is 319 g/mol. The Labute approximate surface area is 114 Å². The molecule has 1 heterocycles. The summed E-state index contributed by atoms with van der Waals surface area (Å²) in [5.74, 6) is -1.38. The lowest BCUT2D eigenvalue weighted by Crippen LogP contribution is -2.46. The maximum atomic E-state index is 14.1. The van der Waals surface area contributed by atoms with Gasteiger partial charge in [-0.15, -0.1) is 0 Å². The number of nitrogens with zero attached hydrogens (tertiary/aromatic N) is 1. The van der Waals surface area contributed by atoms with Crippen molar-refractivity contribution in [2.75, 3.05) is 13.6 Å². The SMILES string of the molecule is CC1CC(O)(c2c(F)ccc(Br)c2F)CCN1C. The minimum absolute atomic E-state index is 0.0848. The molecular weight excluding hydrogens is 304 g/mol. The first kappa shape index (κ1) is 13.9. The average molecular weight is 320 g/mol. The normalized spacial score (nSPS) is 29.6. The number of likely N-dealkylation sites (tertiary alicyclic amines) is 1. The van der Waals surface area contributed by atoms with E-state index in [0.717, 1.165) is 0 Å². The summed E-state index contributed by atoms with van der Waals surface area (Å²) >= 11 is 3.03. The summed E-state index contributed by atoms with van der Waals surface area (Å²) < 4.78 is 28.1. The van der Waals surface area contributed by atoms with E-state index in [1.807, 2.05) is 14.0 Å². The second kappa shape index (κ2) is 4.87. The Balaban J connectivity index is 2.45. The number of rotatable bonds is 1. The van der Waals surface area contributed by atoms with Crippen LogP contribution in [0.2, 0.25) is 0 Å². The van der Waals surface area contributed by atoms with Gasteiger partial charge in [-0.2, -0.15) is 0 Å². The zero-order valence-electron chi connectivity index (χ0n) is 10.4. The molecule has 1 aromatic rings. The molecule has 1 N–H and O–H groups in total. The fourth-order valence-corrected chi connectivity index (χ4v) is 2.84. The van der Waals surface area contributed by atoms with Gasteiger partial charge in [-0.05, 0) is 54.9 Å². The molecule has 1 aromatic carbocycles. The predicted octanol–water partition coefficient (Wildman–Crippen LogP) is 3.03. The summed E-state index contributed by atoms with van der Waals surface area (Å²) in [6.07, 6.45) is 0.659. The summed E-state index contributed by atoms with van der Waals surface area (Å²) in [5, 5.41) is 10.6. The van der Waals surface area contributed by atoms with Crippen LogP contribution in [0.1, 0.15) is 25.3 Å². The van der Waals surface area contributed by atoms with Gasteiger partial charge in [-0.25, -0.2) is 8.78 Å². The Morgan fingerprint density at radius 3 is 2.72 bits per heavy atom. The minimum Gasteiger partial charge on any atom is -0.385 e. The lowest BCUT2D eigenvalue weighted by atomic mass is 9.81. The Morgan fingerprint density at radius 2 is 2.11 bits per heavy atom. The van der Waals surface area contributed by atoms with Crippen molar-refractivity contribution in [1.82, 2.24) is 4.90 Å². The molecule has 2 rings (SSSR count). The molecule has 2 nitrogen and oxygen atoms in total. The maximum Gasteiger partial charge on any atom is 0.146 e. The zero-order valence-corrected chi connectivity index (χ0v) is 12.0. The van der Waals surface area contributed by atoms with Gasteiger partial charge in [0, 0.05) is 12.6 Å². The van der Waals surface area contributed by atoms with Gasteiger partial charge in [0.2, 0.25) is 0 Å². The number of halogens is 3. The lowest BCUT2D eigenvalue weighted by Gasteiger charge is -2.41. The molecular formula is C13H16BrF2NO. The molecule has 1 fully saturated rings. The van der Waals surface area contributed by atoms with Crippen molar-refractivity contribution < 1.29 is 13.9 Å². The molecule has 2 atom stereocenters. The molecule has 100 valence electrons. The van der Waals surface area contributed by atoms with E-state index in [4.69, 9.17) is 0 Å². The topological polar surface area (TPSA) is 23.5 Å². The Morgan fingerprint density at radius 1 is 1.44 bits per heavy atom. The van der Waals surface area contributed by atoms with Gasteiger partial charge in [0.05, 0.1) is 15.6 Å². The van der Waals surface area contributed by atoms with Gasteiger partial charge in [0.15, 0.2) is 0 Å². The summed E-state index contributed by atoms with van der Waals surface area (Å²) in [6.45, 7) is 2.56. The molecule has 2 unspecified atom stereocenters. The molecule has 0 bridgehead atoms. The molecule has 0 saturated carbocycles. The summed E-state index contributed by atoms with van der Waals surface area (Å²) in [6, 6.07) is 2.58. The van der Waals surface area contributed by atoms with Crippen LogP contribution >= 0.6 is 15.9 Å². The first-order valence-corrected chi connectivity index (χ1v) is 6.71. The Bertz CT molecular complexity index is 469. The minimum atomic E-state index is -1.43. The van der Waals surface area contributed by atoms with E-state index in [0.29, 0.717) is 19.4 Å². The zero-order chi connectivity index (χ0) is 13.5. The standard InChI is InChI=1S/C13H16BrF2NO/c1-8-7-13(18,5-6-17(8)2)11-10(15)4-3-9(14)12(11)16/h3-4,8,18H,5-7H2,1-2H3. The first-order valence-electron chi connectivity index (χ1n) is 5.92. The largest absolute Gasteiger partial charge is 0.385 e. The highest BCUT2D eigenvalue weighted by Gasteiger charge is 2.40. The van der Waals surface area contributed by atoms with Crippen LogP contribution < -0.4 is 0 Å². The van der Waals surface area contributed by atoms with Gasteiger partial charge in [0.25, 0.3) is 0 Å². The van der Waals surface area contributed by atoms with E-state index in [9.17, 15) is 13.9 Å². The van der Waals surface area contributed by atoms with Crippen LogP contribution in [0.4, 0.5) is 8.78 Å². The summed E-state index contributed by atoms with van der Waals surface area (Å²) in [4.78, 5) is 2.07. The molecule has 1 saturated heterocycles. The number of hydrogen-bond acceptors (Lipinski definition) is 2. The van der Waals surface area contributed by atoms with E-state index in [-0.39, 0.29) is 16.1 Å². The number of piperidine rings is 1. The van der Waals surface area contributed by atoms with Crippen LogP contribution in [0.5, 0.6) is 0 Å². The van der Waals surface area contributed by atoms with E-state index in [2.05, 4.69) is 20.8 Å².